The maximum Gasteiger partial charge on any atom is 0.241 e. The largest absolute Gasteiger partial charge is 0.378 e. The Labute approximate surface area is 142 Å². The highest BCUT2D eigenvalue weighted by Gasteiger charge is 2.62. The smallest absolute Gasteiger partial charge is 0.241 e. The van der Waals surface area contributed by atoms with E-state index in [1.807, 2.05) is 20.8 Å². The molecule has 3 unspecified atom stereocenters. The average Bonchev–Trinajstić information content (AvgIpc) is 2.51. The molecule has 0 spiro atoms. The molecule has 3 N–H and O–H groups in total. The molecule has 0 heterocycles. The number of carbonyl (C=O) groups excluding carboxylic acids is 1. The minimum Gasteiger partial charge on any atom is -0.378 e. The first kappa shape index (κ1) is 20.4. The lowest BCUT2D eigenvalue weighted by Gasteiger charge is -2.57. The third-order valence-corrected chi connectivity index (χ3v) is 5.62. The number of hydrogen-bond acceptors (Lipinski definition) is 4. The van der Waals surface area contributed by atoms with Crippen molar-refractivity contribution in [3.8, 4) is 0 Å². The van der Waals surface area contributed by atoms with Crippen LogP contribution in [0.15, 0.2) is 0 Å². The molecule has 1 fully saturated rings. The van der Waals surface area contributed by atoms with E-state index in [2.05, 4.69) is 31.0 Å². The molecule has 1 aliphatic carbocycles. The van der Waals surface area contributed by atoms with E-state index in [-0.39, 0.29) is 23.5 Å². The molecule has 0 bridgehead atoms. The van der Waals surface area contributed by atoms with E-state index >= 15 is 0 Å². The van der Waals surface area contributed by atoms with E-state index in [9.17, 15) is 4.79 Å². The van der Waals surface area contributed by atoms with Crippen molar-refractivity contribution < 1.29 is 9.53 Å². The number of rotatable bonds is 10. The second-order valence-electron chi connectivity index (χ2n) is 7.38. The molecule has 0 aliphatic heterocycles. The molecule has 0 aromatic rings. The van der Waals surface area contributed by atoms with Crippen LogP contribution in [0.5, 0.6) is 0 Å². The van der Waals surface area contributed by atoms with Gasteiger partial charge in [-0.05, 0) is 46.3 Å². The second-order valence-corrected chi connectivity index (χ2v) is 7.38. The van der Waals surface area contributed by atoms with Crippen molar-refractivity contribution in [3.63, 3.8) is 0 Å². The van der Waals surface area contributed by atoms with Crippen LogP contribution in [0.3, 0.4) is 0 Å². The maximum atomic E-state index is 12.6. The third-order valence-electron chi connectivity index (χ3n) is 5.62. The van der Waals surface area contributed by atoms with Crippen LogP contribution in [0.4, 0.5) is 0 Å². The van der Waals surface area contributed by atoms with Gasteiger partial charge in [0.1, 0.15) is 5.54 Å². The van der Waals surface area contributed by atoms with Crippen LogP contribution in [0.1, 0.15) is 60.8 Å². The lowest BCUT2D eigenvalue weighted by Crippen LogP contribution is -2.76. The van der Waals surface area contributed by atoms with Gasteiger partial charge in [0.15, 0.2) is 0 Å². The number of amides is 1. The highest BCUT2D eigenvalue weighted by atomic mass is 16.5. The number of nitrogens with two attached hydrogens (primary N) is 1. The zero-order valence-corrected chi connectivity index (χ0v) is 15.9. The number of carbonyl (C=O) groups is 1. The summed E-state index contributed by atoms with van der Waals surface area (Å²) in [5.41, 5.74) is 5.27. The van der Waals surface area contributed by atoms with Crippen LogP contribution in [0, 0.1) is 5.41 Å². The van der Waals surface area contributed by atoms with Crippen molar-refractivity contribution in [2.75, 3.05) is 26.2 Å². The van der Waals surface area contributed by atoms with Crippen molar-refractivity contribution in [2.24, 2.45) is 11.1 Å². The number of ether oxygens (including phenoxy) is 1. The molecule has 3 atom stereocenters. The number of hydrogen-bond donors (Lipinski definition) is 2. The number of nitrogens with zero attached hydrogens (tertiary/aromatic N) is 1. The Morgan fingerprint density at radius 3 is 2.43 bits per heavy atom. The van der Waals surface area contributed by atoms with E-state index in [1.54, 1.807) is 0 Å². The van der Waals surface area contributed by atoms with Gasteiger partial charge in [0.25, 0.3) is 0 Å². The molecule has 23 heavy (non-hydrogen) atoms. The average molecular weight is 328 g/mol. The summed E-state index contributed by atoms with van der Waals surface area (Å²) in [7, 11) is 0. The summed E-state index contributed by atoms with van der Waals surface area (Å²) in [5, 5.41) is 3.11. The fourth-order valence-corrected chi connectivity index (χ4v) is 3.41. The molecule has 136 valence electrons. The van der Waals surface area contributed by atoms with Crippen LogP contribution in [-0.4, -0.2) is 54.7 Å². The summed E-state index contributed by atoms with van der Waals surface area (Å²) < 4.78 is 5.69. The van der Waals surface area contributed by atoms with Gasteiger partial charge in [0.2, 0.25) is 5.91 Å². The van der Waals surface area contributed by atoms with Gasteiger partial charge < -0.3 is 20.7 Å². The highest BCUT2D eigenvalue weighted by molar-refractivity contribution is 5.89. The third kappa shape index (κ3) is 4.46. The van der Waals surface area contributed by atoms with E-state index in [1.165, 1.54) is 0 Å². The zero-order valence-electron chi connectivity index (χ0n) is 15.9. The first-order chi connectivity index (χ1) is 10.7. The molecule has 0 aromatic heterocycles. The normalized spacial score (nSPS) is 27.6. The lowest BCUT2D eigenvalue weighted by atomic mass is 9.54. The molecule has 1 aliphatic rings. The molecular formula is C18H37N3O2. The summed E-state index contributed by atoms with van der Waals surface area (Å²) in [5.74, 6) is -0.0335. The molecule has 0 aromatic carbocycles. The Kier molecular flexibility index (Phi) is 7.49. The molecule has 1 rings (SSSR count). The Morgan fingerprint density at radius 1 is 1.35 bits per heavy atom. The zero-order chi connectivity index (χ0) is 17.7. The fourth-order valence-electron chi connectivity index (χ4n) is 3.41. The van der Waals surface area contributed by atoms with Gasteiger partial charge in [-0.1, -0.05) is 27.7 Å². The summed E-state index contributed by atoms with van der Waals surface area (Å²) in [4.78, 5) is 15.0. The lowest BCUT2D eigenvalue weighted by molar-refractivity contribution is -0.171. The van der Waals surface area contributed by atoms with Crippen LogP contribution in [0.25, 0.3) is 0 Å². The highest BCUT2D eigenvalue weighted by Crippen LogP contribution is 2.49. The van der Waals surface area contributed by atoms with Crippen LogP contribution >= 0.6 is 0 Å². The van der Waals surface area contributed by atoms with Gasteiger partial charge in [-0.25, -0.2) is 0 Å². The molecule has 5 nitrogen and oxygen atoms in total. The van der Waals surface area contributed by atoms with Crippen LogP contribution in [-0.2, 0) is 9.53 Å². The Bertz CT molecular complexity index is 382. The first-order valence-electron chi connectivity index (χ1n) is 9.16. The van der Waals surface area contributed by atoms with Gasteiger partial charge in [-0.2, -0.15) is 0 Å². The monoisotopic (exact) mass is 327 g/mol. The molecular weight excluding hydrogens is 290 g/mol. The van der Waals surface area contributed by atoms with Crippen molar-refractivity contribution in [1.29, 1.82) is 0 Å². The van der Waals surface area contributed by atoms with Gasteiger partial charge in [-0.15, -0.1) is 0 Å². The maximum absolute atomic E-state index is 12.6. The summed E-state index contributed by atoms with van der Waals surface area (Å²) in [6, 6.07) is 0.153. The van der Waals surface area contributed by atoms with E-state index in [4.69, 9.17) is 10.5 Å². The van der Waals surface area contributed by atoms with Gasteiger partial charge >= 0.3 is 0 Å². The van der Waals surface area contributed by atoms with Crippen molar-refractivity contribution in [3.05, 3.63) is 0 Å². The Hall–Kier alpha value is -0.650. The van der Waals surface area contributed by atoms with Crippen LogP contribution < -0.4 is 11.1 Å². The topological polar surface area (TPSA) is 67.6 Å². The first-order valence-corrected chi connectivity index (χ1v) is 9.16. The second kappa shape index (κ2) is 8.45. The molecule has 5 heteroatoms. The number of nitrogens with one attached hydrogen (secondary N) is 1. The van der Waals surface area contributed by atoms with E-state index < -0.39 is 5.54 Å². The van der Waals surface area contributed by atoms with Gasteiger partial charge in [-0.3, -0.25) is 4.79 Å². The van der Waals surface area contributed by atoms with Crippen molar-refractivity contribution in [2.45, 2.75) is 78.5 Å². The molecule has 1 saturated carbocycles. The van der Waals surface area contributed by atoms with Gasteiger partial charge in [0.05, 0.1) is 6.10 Å². The van der Waals surface area contributed by atoms with Crippen LogP contribution in [0.2, 0.25) is 0 Å². The molecule has 1 amide bonds. The summed E-state index contributed by atoms with van der Waals surface area (Å²) in [6.07, 6.45) is 2.74. The SMILES string of the molecule is CCOC1CC(N)(C(=O)NC(C)CCCN(CC)CC)C1(C)C. The van der Waals surface area contributed by atoms with E-state index in [0.29, 0.717) is 13.0 Å². The molecule has 0 radical (unpaired) electrons. The standard InChI is InChI=1S/C18H37N3O2/c1-7-21(8-2)12-10-11-14(4)20-16(22)18(19)13-15(23-9-3)17(18,5)6/h14-15H,7-13,19H2,1-6H3,(H,20,22). The quantitative estimate of drug-likeness (QED) is 0.645. The van der Waals surface area contributed by atoms with Crippen molar-refractivity contribution >= 4 is 5.91 Å². The van der Waals surface area contributed by atoms with Gasteiger partial charge in [0, 0.05) is 24.5 Å². The summed E-state index contributed by atoms with van der Waals surface area (Å²) >= 11 is 0. The minimum atomic E-state index is -0.819. The Morgan fingerprint density at radius 2 is 1.96 bits per heavy atom. The minimum absolute atomic E-state index is 0.0335. The van der Waals surface area contributed by atoms with E-state index in [0.717, 1.165) is 32.5 Å². The molecule has 0 saturated heterocycles. The Balaban J connectivity index is 2.43. The predicted molar refractivity (Wildman–Crippen MR) is 95.4 cm³/mol. The van der Waals surface area contributed by atoms with Crippen molar-refractivity contribution in [1.82, 2.24) is 10.2 Å². The predicted octanol–water partition coefficient (Wildman–Crippen LogP) is 2.15. The summed E-state index contributed by atoms with van der Waals surface area (Å²) in [6.45, 7) is 16.4. The fraction of sp³-hybridized carbons (Fsp3) is 0.944.